The van der Waals surface area contributed by atoms with Gasteiger partial charge >= 0.3 is 0 Å². The number of hydrogen-bond acceptors (Lipinski definition) is 2. The molecule has 0 aliphatic rings. The minimum atomic E-state index is 0.326. The van der Waals surface area contributed by atoms with Gasteiger partial charge in [0.05, 0.1) is 5.02 Å². The van der Waals surface area contributed by atoms with Gasteiger partial charge in [-0.05, 0) is 48.0 Å². The SMILES string of the molecule is CC(C)n1cnnc1-c1ccc(Br)c(Cl)c1. The Balaban J connectivity index is 2.50. The van der Waals surface area contributed by atoms with Crippen molar-refractivity contribution >= 4 is 27.5 Å². The predicted octanol–water partition coefficient (Wildman–Crippen LogP) is 3.94. The van der Waals surface area contributed by atoms with E-state index in [0.29, 0.717) is 11.1 Å². The number of nitrogens with zero attached hydrogens (tertiary/aromatic N) is 3. The quantitative estimate of drug-likeness (QED) is 0.841. The van der Waals surface area contributed by atoms with Crippen LogP contribution in [0.5, 0.6) is 0 Å². The second-order valence-corrected chi connectivity index (χ2v) is 5.05. The molecule has 0 N–H and O–H groups in total. The first kappa shape index (κ1) is 11.6. The summed E-state index contributed by atoms with van der Waals surface area (Å²) in [7, 11) is 0. The van der Waals surface area contributed by atoms with Crippen molar-refractivity contribution < 1.29 is 0 Å². The molecule has 16 heavy (non-hydrogen) atoms. The molecule has 0 atom stereocenters. The van der Waals surface area contributed by atoms with E-state index in [2.05, 4.69) is 40.0 Å². The fourth-order valence-electron chi connectivity index (χ4n) is 1.46. The minimum absolute atomic E-state index is 0.326. The van der Waals surface area contributed by atoms with Crippen molar-refractivity contribution in [3.8, 4) is 11.4 Å². The van der Waals surface area contributed by atoms with E-state index in [0.717, 1.165) is 15.9 Å². The van der Waals surface area contributed by atoms with E-state index in [9.17, 15) is 0 Å². The second kappa shape index (κ2) is 4.55. The van der Waals surface area contributed by atoms with Gasteiger partial charge in [-0.2, -0.15) is 0 Å². The first-order valence-electron chi connectivity index (χ1n) is 4.94. The molecule has 5 heteroatoms. The third kappa shape index (κ3) is 2.13. The molecule has 0 fully saturated rings. The lowest BCUT2D eigenvalue weighted by Gasteiger charge is -2.10. The van der Waals surface area contributed by atoms with Crippen LogP contribution in [0.3, 0.4) is 0 Å². The van der Waals surface area contributed by atoms with Crippen molar-refractivity contribution in [1.29, 1.82) is 0 Å². The molecular formula is C11H11BrClN3. The van der Waals surface area contributed by atoms with Gasteiger partial charge in [0, 0.05) is 16.1 Å². The standard InChI is InChI=1S/C11H11BrClN3/c1-7(2)16-6-14-15-11(16)8-3-4-9(12)10(13)5-8/h3-7H,1-2H3. The summed E-state index contributed by atoms with van der Waals surface area (Å²) in [4.78, 5) is 0. The van der Waals surface area contributed by atoms with E-state index in [-0.39, 0.29) is 0 Å². The fourth-order valence-corrected chi connectivity index (χ4v) is 1.89. The third-order valence-corrected chi connectivity index (χ3v) is 3.54. The topological polar surface area (TPSA) is 30.7 Å². The molecule has 0 spiro atoms. The molecule has 0 saturated carbocycles. The van der Waals surface area contributed by atoms with Gasteiger partial charge in [0.2, 0.25) is 0 Å². The van der Waals surface area contributed by atoms with Crippen molar-refractivity contribution in [2.24, 2.45) is 0 Å². The summed E-state index contributed by atoms with van der Waals surface area (Å²) in [5, 5.41) is 8.72. The van der Waals surface area contributed by atoms with Crippen LogP contribution in [-0.4, -0.2) is 14.8 Å². The molecule has 1 aromatic carbocycles. The van der Waals surface area contributed by atoms with Crippen molar-refractivity contribution in [1.82, 2.24) is 14.8 Å². The van der Waals surface area contributed by atoms with E-state index >= 15 is 0 Å². The molecule has 3 nitrogen and oxygen atoms in total. The van der Waals surface area contributed by atoms with Crippen molar-refractivity contribution in [2.75, 3.05) is 0 Å². The van der Waals surface area contributed by atoms with Crippen LogP contribution in [0.15, 0.2) is 29.0 Å². The van der Waals surface area contributed by atoms with E-state index in [1.54, 1.807) is 6.33 Å². The molecule has 0 amide bonds. The Bertz CT molecular complexity index is 508. The first-order chi connectivity index (χ1) is 7.59. The summed E-state index contributed by atoms with van der Waals surface area (Å²) < 4.78 is 2.90. The summed E-state index contributed by atoms with van der Waals surface area (Å²) in [6, 6.07) is 6.09. The summed E-state index contributed by atoms with van der Waals surface area (Å²) in [5.41, 5.74) is 0.972. The Labute approximate surface area is 108 Å². The highest BCUT2D eigenvalue weighted by Gasteiger charge is 2.10. The minimum Gasteiger partial charge on any atom is -0.311 e. The zero-order valence-electron chi connectivity index (χ0n) is 8.98. The van der Waals surface area contributed by atoms with Gasteiger partial charge < -0.3 is 4.57 Å². The Morgan fingerprint density at radius 2 is 2.12 bits per heavy atom. The normalized spacial score (nSPS) is 11.1. The van der Waals surface area contributed by atoms with Crippen molar-refractivity contribution in [3.05, 3.63) is 34.0 Å². The highest BCUT2D eigenvalue weighted by molar-refractivity contribution is 9.10. The monoisotopic (exact) mass is 299 g/mol. The van der Waals surface area contributed by atoms with Crippen LogP contribution < -0.4 is 0 Å². The zero-order chi connectivity index (χ0) is 11.7. The largest absolute Gasteiger partial charge is 0.311 e. The van der Waals surface area contributed by atoms with Gasteiger partial charge in [0.25, 0.3) is 0 Å². The molecule has 0 radical (unpaired) electrons. The number of benzene rings is 1. The number of rotatable bonds is 2. The molecule has 1 heterocycles. The van der Waals surface area contributed by atoms with Gasteiger partial charge in [0.15, 0.2) is 5.82 Å². The Kier molecular flexibility index (Phi) is 3.30. The van der Waals surface area contributed by atoms with Crippen LogP contribution in [0.25, 0.3) is 11.4 Å². The van der Waals surface area contributed by atoms with Gasteiger partial charge in [-0.3, -0.25) is 0 Å². The van der Waals surface area contributed by atoms with E-state index in [4.69, 9.17) is 11.6 Å². The fraction of sp³-hybridized carbons (Fsp3) is 0.273. The highest BCUT2D eigenvalue weighted by Crippen LogP contribution is 2.28. The van der Waals surface area contributed by atoms with Crippen LogP contribution in [0.1, 0.15) is 19.9 Å². The Morgan fingerprint density at radius 1 is 1.38 bits per heavy atom. The maximum atomic E-state index is 6.06. The molecule has 0 bridgehead atoms. The summed E-state index contributed by atoms with van der Waals surface area (Å²) in [6.45, 7) is 4.18. The summed E-state index contributed by atoms with van der Waals surface area (Å²) in [5.74, 6) is 0.837. The summed E-state index contributed by atoms with van der Waals surface area (Å²) in [6.07, 6.45) is 1.73. The lowest BCUT2D eigenvalue weighted by molar-refractivity contribution is 0.604. The van der Waals surface area contributed by atoms with Gasteiger partial charge in [-0.1, -0.05) is 11.6 Å². The van der Waals surface area contributed by atoms with Gasteiger partial charge in [0.1, 0.15) is 6.33 Å². The zero-order valence-corrected chi connectivity index (χ0v) is 11.3. The molecule has 0 unspecified atom stereocenters. The maximum absolute atomic E-state index is 6.06. The van der Waals surface area contributed by atoms with Crippen LogP contribution in [0, 0.1) is 0 Å². The lowest BCUT2D eigenvalue weighted by atomic mass is 10.2. The first-order valence-corrected chi connectivity index (χ1v) is 6.11. The molecule has 1 aromatic heterocycles. The predicted molar refractivity (Wildman–Crippen MR) is 68.6 cm³/mol. The maximum Gasteiger partial charge on any atom is 0.164 e. The highest BCUT2D eigenvalue weighted by atomic mass is 79.9. The smallest absolute Gasteiger partial charge is 0.164 e. The number of hydrogen-bond donors (Lipinski definition) is 0. The molecule has 0 saturated heterocycles. The van der Waals surface area contributed by atoms with E-state index in [1.807, 2.05) is 22.8 Å². The van der Waals surface area contributed by atoms with Gasteiger partial charge in [-0.25, -0.2) is 0 Å². The van der Waals surface area contributed by atoms with E-state index < -0.39 is 0 Å². The van der Waals surface area contributed by atoms with E-state index in [1.165, 1.54) is 0 Å². The van der Waals surface area contributed by atoms with Crippen LogP contribution in [0.4, 0.5) is 0 Å². The van der Waals surface area contributed by atoms with Crippen molar-refractivity contribution in [2.45, 2.75) is 19.9 Å². The Morgan fingerprint density at radius 3 is 2.75 bits per heavy atom. The van der Waals surface area contributed by atoms with Crippen LogP contribution in [0.2, 0.25) is 5.02 Å². The van der Waals surface area contributed by atoms with Crippen LogP contribution in [-0.2, 0) is 0 Å². The lowest BCUT2D eigenvalue weighted by Crippen LogP contribution is -2.01. The summed E-state index contributed by atoms with van der Waals surface area (Å²) >= 11 is 9.42. The number of halogens is 2. The average Bonchev–Trinajstić information content (AvgIpc) is 2.71. The number of aromatic nitrogens is 3. The van der Waals surface area contributed by atoms with Crippen molar-refractivity contribution in [3.63, 3.8) is 0 Å². The Hall–Kier alpha value is -0.870. The molecule has 2 rings (SSSR count). The molecule has 0 aliphatic carbocycles. The second-order valence-electron chi connectivity index (χ2n) is 3.78. The average molecular weight is 301 g/mol. The molecule has 0 aliphatic heterocycles. The third-order valence-electron chi connectivity index (χ3n) is 2.31. The molecular weight excluding hydrogens is 289 g/mol. The van der Waals surface area contributed by atoms with Crippen LogP contribution >= 0.6 is 27.5 Å². The van der Waals surface area contributed by atoms with Gasteiger partial charge in [-0.15, -0.1) is 10.2 Å². The molecule has 84 valence electrons. The molecule has 2 aromatic rings.